The Morgan fingerprint density at radius 3 is 2.52 bits per heavy atom. The highest BCUT2D eigenvalue weighted by Gasteiger charge is 2.26. The van der Waals surface area contributed by atoms with E-state index in [-0.39, 0.29) is 5.82 Å². The van der Waals surface area contributed by atoms with E-state index in [0.29, 0.717) is 24.0 Å². The summed E-state index contributed by atoms with van der Waals surface area (Å²) in [5, 5.41) is 17.1. The van der Waals surface area contributed by atoms with Crippen LogP contribution in [-0.2, 0) is 6.54 Å². The van der Waals surface area contributed by atoms with Crippen molar-refractivity contribution in [3.8, 4) is 5.75 Å². The van der Waals surface area contributed by atoms with E-state index in [4.69, 9.17) is 0 Å². The van der Waals surface area contributed by atoms with Gasteiger partial charge < -0.3 is 10.0 Å². The summed E-state index contributed by atoms with van der Waals surface area (Å²) in [5.41, 5.74) is 2.56. The number of phenols is 1. The summed E-state index contributed by atoms with van der Waals surface area (Å²) < 4.78 is 26.6. The molecule has 0 saturated heterocycles. The first-order valence-electron chi connectivity index (χ1n) is 8.16. The van der Waals surface area contributed by atoms with E-state index in [1.54, 1.807) is 18.2 Å². The molecule has 0 amide bonds. The molecule has 1 aromatic heterocycles. The molecule has 1 saturated carbocycles. The Hall–Kier alpha value is -2.89. The second kappa shape index (κ2) is 6.20. The number of aromatic amines is 1. The maximum atomic E-state index is 13.4. The van der Waals surface area contributed by atoms with Crippen molar-refractivity contribution in [3.05, 3.63) is 71.4 Å². The minimum absolute atomic E-state index is 0.300. The van der Waals surface area contributed by atoms with Gasteiger partial charge in [0.15, 0.2) is 17.4 Å². The molecule has 0 atom stereocenters. The van der Waals surface area contributed by atoms with Crippen molar-refractivity contribution in [2.24, 2.45) is 0 Å². The summed E-state index contributed by atoms with van der Waals surface area (Å²) in [6, 6.07) is 12.3. The van der Waals surface area contributed by atoms with E-state index in [1.165, 1.54) is 24.3 Å². The molecule has 1 heterocycles. The fourth-order valence-electron chi connectivity index (χ4n) is 2.81. The molecule has 1 aliphatic carbocycles. The Balaban J connectivity index is 1.70. The van der Waals surface area contributed by atoms with E-state index >= 15 is 0 Å². The van der Waals surface area contributed by atoms with Crippen LogP contribution in [0.4, 0.5) is 20.3 Å². The summed E-state index contributed by atoms with van der Waals surface area (Å²) in [7, 11) is 0. The summed E-state index contributed by atoms with van der Waals surface area (Å²) in [4.78, 5) is 1.86. The molecule has 128 valence electrons. The van der Waals surface area contributed by atoms with Crippen LogP contribution in [0.2, 0.25) is 0 Å². The van der Waals surface area contributed by atoms with Crippen LogP contribution in [0.3, 0.4) is 0 Å². The SMILES string of the molecule is Oc1cc(N(Cc2ccc(F)cc2)c2cc(C3CC3)[nH]n2)ccc1F. The molecule has 25 heavy (non-hydrogen) atoms. The van der Waals surface area contributed by atoms with Crippen molar-refractivity contribution in [1.82, 2.24) is 10.2 Å². The number of aromatic nitrogens is 2. The van der Waals surface area contributed by atoms with Crippen LogP contribution in [0, 0.1) is 11.6 Å². The second-order valence-corrected chi connectivity index (χ2v) is 6.30. The van der Waals surface area contributed by atoms with Crippen molar-refractivity contribution < 1.29 is 13.9 Å². The Morgan fingerprint density at radius 2 is 1.84 bits per heavy atom. The molecule has 4 rings (SSSR count). The number of H-pyrrole nitrogens is 1. The maximum Gasteiger partial charge on any atom is 0.164 e. The molecule has 0 bridgehead atoms. The molecule has 6 heteroatoms. The van der Waals surface area contributed by atoms with Crippen molar-refractivity contribution in [2.45, 2.75) is 25.3 Å². The normalized spacial score (nSPS) is 13.8. The van der Waals surface area contributed by atoms with E-state index in [1.807, 2.05) is 11.0 Å². The summed E-state index contributed by atoms with van der Waals surface area (Å²) in [5.74, 6) is -0.191. The summed E-state index contributed by atoms with van der Waals surface area (Å²) in [6.07, 6.45) is 2.30. The van der Waals surface area contributed by atoms with Crippen LogP contribution in [0.25, 0.3) is 0 Å². The number of rotatable bonds is 5. The first-order valence-corrected chi connectivity index (χ1v) is 8.16. The van der Waals surface area contributed by atoms with Gasteiger partial charge in [-0.1, -0.05) is 12.1 Å². The number of phenolic OH excluding ortho intramolecular Hbond substituents is 1. The third-order valence-corrected chi connectivity index (χ3v) is 4.37. The van der Waals surface area contributed by atoms with Crippen molar-refractivity contribution in [2.75, 3.05) is 4.90 Å². The lowest BCUT2D eigenvalue weighted by Crippen LogP contribution is -2.17. The average Bonchev–Trinajstić information content (AvgIpc) is 3.35. The highest BCUT2D eigenvalue weighted by molar-refractivity contribution is 5.62. The highest BCUT2D eigenvalue weighted by atomic mass is 19.1. The lowest BCUT2D eigenvalue weighted by molar-refractivity contribution is 0.432. The molecule has 0 radical (unpaired) electrons. The van der Waals surface area contributed by atoms with Gasteiger partial charge in [-0.05, 0) is 42.7 Å². The highest BCUT2D eigenvalue weighted by Crippen LogP contribution is 2.40. The number of nitrogens with one attached hydrogen (secondary N) is 1. The first kappa shape index (κ1) is 15.6. The van der Waals surface area contributed by atoms with E-state index < -0.39 is 11.6 Å². The second-order valence-electron chi connectivity index (χ2n) is 6.30. The number of hydrogen-bond acceptors (Lipinski definition) is 3. The van der Waals surface area contributed by atoms with Gasteiger partial charge in [-0.3, -0.25) is 5.10 Å². The molecule has 2 N–H and O–H groups in total. The van der Waals surface area contributed by atoms with Gasteiger partial charge in [0.05, 0.1) is 0 Å². The van der Waals surface area contributed by atoms with Crippen LogP contribution in [0.15, 0.2) is 48.5 Å². The standard InChI is InChI=1S/C19H17F2N3O/c20-14-5-1-12(2-6-14)11-24(15-7-8-16(21)18(25)9-15)19-10-17(22-23-19)13-3-4-13/h1-2,5-10,13,25H,3-4,11H2,(H,22,23). The van der Waals surface area contributed by atoms with Crippen molar-refractivity contribution in [1.29, 1.82) is 0 Å². The molecular formula is C19H17F2N3O. The van der Waals surface area contributed by atoms with Crippen LogP contribution in [0.1, 0.15) is 30.0 Å². The molecular weight excluding hydrogens is 324 g/mol. The third kappa shape index (κ3) is 3.33. The lowest BCUT2D eigenvalue weighted by atomic mass is 10.1. The Bertz CT molecular complexity index is 888. The molecule has 0 spiro atoms. The molecule has 4 nitrogen and oxygen atoms in total. The van der Waals surface area contributed by atoms with E-state index in [2.05, 4.69) is 10.2 Å². The van der Waals surface area contributed by atoms with Crippen LogP contribution < -0.4 is 4.90 Å². The molecule has 3 aromatic rings. The van der Waals surface area contributed by atoms with Gasteiger partial charge in [0.25, 0.3) is 0 Å². The molecule has 2 aromatic carbocycles. The van der Waals surface area contributed by atoms with Crippen LogP contribution >= 0.6 is 0 Å². The predicted octanol–water partition coefficient (Wildman–Crippen LogP) is 4.61. The zero-order valence-electron chi connectivity index (χ0n) is 13.4. The number of benzene rings is 2. The van der Waals surface area contributed by atoms with Crippen LogP contribution in [0.5, 0.6) is 5.75 Å². The number of anilines is 2. The van der Waals surface area contributed by atoms with Gasteiger partial charge in [-0.15, -0.1) is 0 Å². The summed E-state index contributed by atoms with van der Waals surface area (Å²) >= 11 is 0. The lowest BCUT2D eigenvalue weighted by Gasteiger charge is -2.23. The van der Waals surface area contributed by atoms with E-state index in [0.717, 1.165) is 24.1 Å². The Kier molecular flexibility index (Phi) is 3.87. The molecule has 1 fully saturated rings. The topological polar surface area (TPSA) is 52.1 Å². The smallest absolute Gasteiger partial charge is 0.164 e. The van der Waals surface area contributed by atoms with Gasteiger partial charge in [-0.2, -0.15) is 5.10 Å². The fraction of sp³-hybridized carbons (Fsp3) is 0.211. The largest absolute Gasteiger partial charge is 0.505 e. The Morgan fingerprint density at radius 1 is 1.08 bits per heavy atom. The quantitative estimate of drug-likeness (QED) is 0.712. The number of hydrogen-bond donors (Lipinski definition) is 2. The van der Waals surface area contributed by atoms with Crippen LogP contribution in [-0.4, -0.2) is 15.3 Å². The van der Waals surface area contributed by atoms with Gasteiger partial charge >= 0.3 is 0 Å². The molecule has 1 aliphatic rings. The molecule has 0 aliphatic heterocycles. The predicted molar refractivity (Wildman–Crippen MR) is 90.9 cm³/mol. The average molecular weight is 341 g/mol. The number of halogens is 2. The van der Waals surface area contributed by atoms with Gasteiger partial charge in [0, 0.05) is 36.0 Å². The monoisotopic (exact) mass is 341 g/mol. The van der Waals surface area contributed by atoms with Gasteiger partial charge in [0.2, 0.25) is 0 Å². The number of nitrogens with zero attached hydrogens (tertiary/aromatic N) is 2. The zero-order valence-corrected chi connectivity index (χ0v) is 13.4. The minimum atomic E-state index is -0.675. The van der Waals surface area contributed by atoms with Gasteiger partial charge in [-0.25, -0.2) is 8.78 Å². The minimum Gasteiger partial charge on any atom is -0.505 e. The van der Waals surface area contributed by atoms with Crippen molar-refractivity contribution >= 4 is 11.5 Å². The van der Waals surface area contributed by atoms with Gasteiger partial charge in [0.1, 0.15) is 5.82 Å². The first-order chi connectivity index (χ1) is 12.1. The van der Waals surface area contributed by atoms with Crippen molar-refractivity contribution in [3.63, 3.8) is 0 Å². The Labute approximate surface area is 143 Å². The third-order valence-electron chi connectivity index (χ3n) is 4.37. The van der Waals surface area contributed by atoms with E-state index in [9.17, 15) is 13.9 Å². The zero-order chi connectivity index (χ0) is 17.4. The fourth-order valence-corrected chi connectivity index (χ4v) is 2.81. The summed E-state index contributed by atoms with van der Waals surface area (Å²) in [6.45, 7) is 0.417. The molecule has 0 unspecified atom stereocenters. The number of aromatic hydroxyl groups is 1. The maximum absolute atomic E-state index is 13.4.